The molecule has 6 nitrogen and oxygen atoms in total. The van der Waals surface area contributed by atoms with Crippen molar-refractivity contribution in [3.63, 3.8) is 0 Å². The van der Waals surface area contributed by atoms with Crippen molar-refractivity contribution >= 4 is 17.8 Å². The average Bonchev–Trinajstić information content (AvgIpc) is 2.66. The quantitative estimate of drug-likeness (QED) is 0.654. The summed E-state index contributed by atoms with van der Waals surface area (Å²) < 4.78 is 0. The van der Waals surface area contributed by atoms with E-state index in [0.717, 1.165) is 11.1 Å². The normalized spacial score (nSPS) is 11.7. The van der Waals surface area contributed by atoms with Crippen LogP contribution in [0.1, 0.15) is 45.7 Å². The number of aromatic carboxylic acids is 1. The molecule has 0 spiro atoms. The Bertz CT molecular complexity index is 827. The number of hydrogen-bond donors (Lipinski definition) is 3. The molecule has 0 aliphatic carbocycles. The van der Waals surface area contributed by atoms with Gasteiger partial charge in [0.25, 0.3) is 5.91 Å². The molecule has 0 heterocycles. The van der Waals surface area contributed by atoms with Gasteiger partial charge in [0.15, 0.2) is 0 Å². The van der Waals surface area contributed by atoms with Crippen LogP contribution in [-0.4, -0.2) is 35.5 Å². The van der Waals surface area contributed by atoms with Crippen molar-refractivity contribution in [2.24, 2.45) is 5.92 Å². The second-order valence-electron chi connectivity index (χ2n) is 7.10. The number of carboxylic acids is 1. The predicted molar refractivity (Wildman–Crippen MR) is 107 cm³/mol. The van der Waals surface area contributed by atoms with E-state index < -0.39 is 12.0 Å². The third-order valence-corrected chi connectivity index (χ3v) is 4.46. The standard InChI is InChI=1S/C22H26N2O4/c1-14(2)19(24-20(25)17-8-4-15(3)5-9-17)21(26)23-13-12-16-6-10-18(11-7-16)22(27)28/h4-11,14,19H,12-13H2,1-3H3,(H,23,26)(H,24,25)(H,27,28). The van der Waals surface area contributed by atoms with Gasteiger partial charge < -0.3 is 15.7 Å². The Labute approximate surface area is 165 Å². The molecule has 1 atom stereocenters. The van der Waals surface area contributed by atoms with Crippen LogP contribution in [-0.2, 0) is 11.2 Å². The molecule has 148 valence electrons. The van der Waals surface area contributed by atoms with Crippen LogP contribution >= 0.6 is 0 Å². The van der Waals surface area contributed by atoms with Gasteiger partial charge in [-0.2, -0.15) is 0 Å². The van der Waals surface area contributed by atoms with E-state index in [1.165, 1.54) is 12.1 Å². The molecule has 1 unspecified atom stereocenters. The summed E-state index contributed by atoms with van der Waals surface area (Å²) in [5.41, 5.74) is 2.73. The van der Waals surface area contributed by atoms with E-state index in [1.807, 2.05) is 32.9 Å². The van der Waals surface area contributed by atoms with Crippen LogP contribution in [0.15, 0.2) is 48.5 Å². The molecule has 0 fully saturated rings. The van der Waals surface area contributed by atoms with E-state index in [1.54, 1.807) is 24.3 Å². The fraction of sp³-hybridized carbons (Fsp3) is 0.318. The molecule has 2 rings (SSSR count). The van der Waals surface area contributed by atoms with E-state index in [4.69, 9.17) is 5.11 Å². The number of aryl methyl sites for hydroxylation is 1. The summed E-state index contributed by atoms with van der Waals surface area (Å²) in [6.07, 6.45) is 0.572. The number of amides is 2. The first-order valence-corrected chi connectivity index (χ1v) is 9.25. The van der Waals surface area contributed by atoms with Gasteiger partial charge in [0.2, 0.25) is 5.91 Å². The number of carboxylic acid groups (broad SMARTS) is 1. The number of carbonyl (C=O) groups is 3. The second-order valence-corrected chi connectivity index (χ2v) is 7.10. The van der Waals surface area contributed by atoms with E-state index >= 15 is 0 Å². The minimum atomic E-state index is -0.969. The van der Waals surface area contributed by atoms with Crippen molar-refractivity contribution in [2.45, 2.75) is 33.2 Å². The molecule has 2 aromatic rings. The Morgan fingerprint density at radius 1 is 0.929 bits per heavy atom. The highest BCUT2D eigenvalue weighted by Crippen LogP contribution is 2.08. The van der Waals surface area contributed by atoms with E-state index in [0.29, 0.717) is 18.5 Å². The molecular weight excluding hydrogens is 356 g/mol. The van der Waals surface area contributed by atoms with Gasteiger partial charge in [-0.25, -0.2) is 4.79 Å². The molecule has 28 heavy (non-hydrogen) atoms. The van der Waals surface area contributed by atoms with Crippen molar-refractivity contribution < 1.29 is 19.5 Å². The minimum absolute atomic E-state index is 0.0655. The van der Waals surface area contributed by atoms with Gasteiger partial charge in [0.05, 0.1) is 5.56 Å². The SMILES string of the molecule is Cc1ccc(C(=O)NC(C(=O)NCCc2ccc(C(=O)O)cc2)C(C)C)cc1. The maximum absolute atomic E-state index is 12.5. The summed E-state index contributed by atoms with van der Waals surface area (Å²) in [5, 5.41) is 14.6. The Hall–Kier alpha value is -3.15. The number of carbonyl (C=O) groups excluding carboxylic acids is 2. The van der Waals surface area contributed by atoms with Crippen molar-refractivity contribution in [1.29, 1.82) is 0 Å². The maximum Gasteiger partial charge on any atom is 0.335 e. The molecular formula is C22H26N2O4. The topological polar surface area (TPSA) is 95.5 Å². The van der Waals surface area contributed by atoms with Crippen LogP contribution in [0.25, 0.3) is 0 Å². The first kappa shape index (κ1) is 21.2. The molecule has 6 heteroatoms. The van der Waals surface area contributed by atoms with Crippen LogP contribution in [0.5, 0.6) is 0 Å². The van der Waals surface area contributed by atoms with E-state index in [-0.39, 0.29) is 23.3 Å². The third kappa shape index (κ3) is 5.94. The molecule has 2 amide bonds. The largest absolute Gasteiger partial charge is 0.478 e. The van der Waals surface area contributed by atoms with Gasteiger partial charge in [-0.1, -0.05) is 43.7 Å². The summed E-state index contributed by atoms with van der Waals surface area (Å²) in [4.78, 5) is 35.8. The summed E-state index contributed by atoms with van der Waals surface area (Å²) in [6.45, 7) is 6.10. The first-order chi connectivity index (χ1) is 13.3. The highest BCUT2D eigenvalue weighted by Gasteiger charge is 2.24. The maximum atomic E-state index is 12.5. The van der Waals surface area contributed by atoms with Crippen molar-refractivity contribution in [2.75, 3.05) is 6.54 Å². The van der Waals surface area contributed by atoms with Gasteiger partial charge in [-0.15, -0.1) is 0 Å². The fourth-order valence-corrected chi connectivity index (χ4v) is 2.72. The summed E-state index contributed by atoms with van der Waals surface area (Å²) in [7, 11) is 0. The van der Waals surface area contributed by atoms with Crippen LogP contribution in [0.2, 0.25) is 0 Å². The van der Waals surface area contributed by atoms with Crippen molar-refractivity contribution in [3.8, 4) is 0 Å². The third-order valence-electron chi connectivity index (χ3n) is 4.46. The first-order valence-electron chi connectivity index (χ1n) is 9.25. The summed E-state index contributed by atoms with van der Waals surface area (Å²) in [6, 6.07) is 13.1. The molecule has 0 aliphatic heterocycles. The molecule has 0 saturated heterocycles. The second kappa shape index (κ2) is 9.69. The van der Waals surface area contributed by atoms with E-state index in [2.05, 4.69) is 10.6 Å². The highest BCUT2D eigenvalue weighted by molar-refractivity contribution is 5.97. The molecule has 0 aromatic heterocycles. The van der Waals surface area contributed by atoms with Crippen LogP contribution in [0.4, 0.5) is 0 Å². The number of nitrogens with one attached hydrogen (secondary N) is 2. The Balaban J connectivity index is 1.90. The number of benzene rings is 2. The predicted octanol–water partition coefficient (Wildman–Crippen LogP) is 2.81. The Morgan fingerprint density at radius 2 is 1.50 bits per heavy atom. The zero-order chi connectivity index (χ0) is 20.7. The van der Waals surface area contributed by atoms with Crippen molar-refractivity contribution in [1.82, 2.24) is 10.6 Å². The molecule has 3 N–H and O–H groups in total. The number of rotatable bonds is 8. The molecule has 2 aromatic carbocycles. The monoisotopic (exact) mass is 382 g/mol. The summed E-state index contributed by atoms with van der Waals surface area (Å²) >= 11 is 0. The zero-order valence-corrected chi connectivity index (χ0v) is 16.4. The lowest BCUT2D eigenvalue weighted by Gasteiger charge is -2.22. The smallest absolute Gasteiger partial charge is 0.335 e. The van der Waals surface area contributed by atoms with Gasteiger partial charge in [-0.05, 0) is 49.1 Å². The molecule has 0 saturated carbocycles. The number of hydrogen-bond acceptors (Lipinski definition) is 3. The minimum Gasteiger partial charge on any atom is -0.478 e. The molecule has 0 aliphatic rings. The van der Waals surface area contributed by atoms with Gasteiger partial charge in [0, 0.05) is 12.1 Å². The molecule has 0 bridgehead atoms. The van der Waals surface area contributed by atoms with Gasteiger partial charge in [-0.3, -0.25) is 9.59 Å². The summed E-state index contributed by atoms with van der Waals surface area (Å²) in [5.74, 6) is -1.55. The highest BCUT2D eigenvalue weighted by atomic mass is 16.4. The van der Waals surface area contributed by atoms with Crippen LogP contribution in [0.3, 0.4) is 0 Å². The Morgan fingerprint density at radius 3 is 2.04 bits per heavy atom. The van der Waals surface area contributed by atoms with Gasteiger partial charge in [0.1, 0.15) is 6.04 Å². The lowest BCUT2D eigenvalue weighted by molar-refractivity contribution is -0.123. The van der Waals surface area contributed by atoms with Crippen molar-refractivity contribution in [3.05, 3.63) is 70.8 Å². The fourth-order valence-electron chi connectivity index (χ4n) is 2.72. The van der Waals surface area contributed by atoms with Crippen LogP contribution in [0, 0.1) is 12.8 Å². The van der Waals surface area contributed by atoms with Crippen LogP contribution < -0.4 is 10.6 Å². The zero-order valence-electron chi connectivity index (χ0n) is 16.4. The Kier molecular flexibility index (Phi) is 7.32. The average molecular weight is 382 g/mol. The van der Waals surface area contributed by atoms with Gasteiger partial charge >= 0.3 is 5.97 Å². The lowest BCUT2D eigenvalue weighted by Crippen LogP contribution is -2.50. The van der Waals surface area contributed by atoms with E-state index in [9.17, 15) is 14.4 Å². The lowest BCUT2D eigenvalue weighted by atomic mass is 10.0. The molecule has 0 radical (unpaired) electrons.